The molecule has 5 heteroatoms. The fourth-order valence-corrected chi connectivity index (χ4v) is 6.68. The van der Waals surface area contributed by atoms with Gasteiger partial charge < -0.3 is 9.84 Å². The Morgan fingerprint density at radius 3 is 2.93 bits per heavy atom. The molecule has 150 valence electrons. The summed E-state index contributed by atoms with van der Waals surface area (Å²) in [6.07, 6.45) is 4.67. The van der Waals surface area contributed by atoms with Crippen molar-refractivity contribution in [1.82, 2.24) is 4.90 Å². The van der Waals surface area contributed by atoms with Crippen molar-refractivity contribution in [3.05, 3.63) is 23.8 Å². The molecule has 4 heterocycles. The molecule has 7 atom stereocenters. The summed E-state index contributed by atoms with van der Waals surface area (Å²) in [5.74, 6) is 2.46. The first kappa shape index (κ1) is 18.3. The molecule has 0 aromatic heterocycles. The van der Waals surface area contributed by atoms with Crippen molar-refractivity contribution in [2.45, 2.75) is 63.6 Å². The van der Waals surface area contributed by atoms with E-state index in [0.29, 0.717) is 36.8 Å². The van der Waals surface area contributed by atoms with Crippen LogP contribution in [0.15, 0.2) is 23.2 Å². The monoisotopic (exact) mass is 382 g/mol. The van der Waals surface area contributed by atoms with Crippen LogP contribution in [0, 0.1) is 17.8 Å². The van der Waals surface area contributed by atoms with Gasteiger partial charge in [-0.15, -0.1) is 0 Å². The Morgan fingerprint density at radius 2 is 2.21 bits per heavy atom. The predicted molar refractivity (Wildman–Crippen MR) is 108 cm³/mol. The van der Waals surface area contributed by atoms with Gasteiger partial charge in [-0.25, -0.2) is 0 Å². The fraction of sp³-hybridized carbons (Fsp3) is 0.652. The molecule has 0 radical (unpaired) electrons. The first-order chi connectivity index (χ1) is 13.5. The second-order valence-electron chi connectivity index (χ2n) is 9.20. The Bertz CT molecular complexity index is 850. The molecule has 7 unspecified atom stereocenters. The van der Waals surface area contributed by atoms with E-state index in [4.69, 9.17) is 9.73 Å². The molecule has 5 nitrogen and oxygen atoms in total. The standard InChI is InChI=1S/C23H30N2O3/c1-4-14-10-15-11-17-21(14)25(20(15)9-13(2)26)8-7-23(27)18-12-16(28-3)5-6-19(18)24-22(17)23/h5-6,12,14-15,17,20-21,27H,4,7-11H2,1-3H3. The number of carbonyl (C=O) groups excluding carboxylic acids is 1. The van der Waals surface area contributed by atoms with E-state index in [9.17, 15) is 9.90 Å². The predicted octanol–water partition coefficient (Wildman–Crippen LogP) is 3.46. The molecule has 6 rings (SSSR count). The summed E-state index contributed by atoms with van der Waals surface area (Å²) in [5.41, 5.74) is 1.74. The third kappa shape index (κ3) is 2.45. The minimum Gasteiger partial charge on any atom is -0.497 e. The van der Waals surface area contributed by atoms with Crippen LogP contribution in [0.5, 0.6) is 5.75 Å². The van der Waals surface area contributed by atoms with E-state index < -0.39 is 5.60 Å². The number of methoxy groups -OCH3 is 1. The summed E-state index contributed by atoms with van der Waals surface area (Å²) in [6.45, 7) is 4.81. The molecule has 3 saturated heterocycles. The number of hydrogen-bond acceptors (Lipinski definition) is 5. The average molecular weight is 383 g/mol. The largest absolute Gasteiger partial charge is 0.497 e. The Kier molecular flexibility index (Phi) is 4.18. The highest BCUT2D eigenvalue weighted by molar-refractivity contribution is 6.02. The van der Waals surface area contributed by atoms with Crippen LogP contribution in [0.25, 0.3) is 0 Å². The Morgan fingerprint density at radius 1 is 1.39 bits per heavy atom. The zero-order valence-electron chi connectivity index (χ0n) is 17.0. The lowest BCUT2D eigenvalue weighted by Crippen LogP contribution is -2.63. The number of hydrogen-bond donors (Lipinski definition) is 1. The van der Waals surface area contributed by atoms with Crippen LogP contribution in [-0.2, 0) is 10.4 Å². The van der Waals surface area contributed by atoms with Crippen molar-refractivity contribution < 1.29 is 14.6 Å². The molecule has 0 amide bonds. The molecule has 5 aliphatic rings. The molecule has 1 aromatic carbocycles. The fourth-order valence-electron chi connectivity index (χ4n) is 6.68. The van der Waals surface area contributed by atoms with Gasteiger partial charge in [0.1, 0.15) is 17.1 Å². The second kappa shape index (κ2) is 6.39. The molecule has 1 saturated carbocycles. The van der Waals surface area contributed by atoms with Gasteiger partial charge in [-0.3, -0.25) is 14.7 Å². The van der Waals surface area contributed by atoms with Crippen LogP contribution in [0.3, 0.4) is 0 Å². The van der Waals surface area contributed by atoms with E-state index in [1.807, 2.05) is 18.2 Å². The van der Waals surface area contributed by atoms with Gasteiger partial charge in [0, 0.05) is 36.5 Å². The summed E-state index contributed by atoms with van der Waals surface area (Å²) < 4.78 is 5.42. The summed E-state index contributed by atoms with van der Waals surface area (Å²) in [7, 11) is 1.66. The highest BCUT2D eigenvalue weighted by Crippen LogP contribution is 2.56. The molecular weight excluding hydrogens is 352 g/mol. The summed E-state index contributed by atoms with van der Waals surface area (Å²) >= 11 is 0. The highest BCUT2D eigenvalue weighted by atomic mass is 16.5. The lowest BCUT2D eigenvalue weighted by Gasteiger charge is -2.57. The Labute approximate surface area is 166 Å². The molecule has 0 spiro atoms. The number of aliphatic imine (C=N–C) groups is 1. The van der Waals surface area contributed by atoms with Gasteiger partial charge in [-0.05, 0) is 56.2 Å². The Hall–Kier alpha value is -1.72. The van der Waals surface area contributed by atoms with Gasteiger partial charge in [0.05, 0.1) is 18.5 Å². The normalized spacial score (nSPS) is 40.4. The van der Waals surface area contributed by atoms with Crippen LogP contribution in [0.1, 0.15) is 51.5 Å². The summed E-state index contributed by atoms with van der Waals surface area (Å²) in [4.78, 5) is 19.5. The molecule has 4 aliphatic heterocycles. The van der Waals surface area contributed by atoms with Gasteiger partial charge in [0.25, 0.3) is 0 Å². The number of nitrogens with zero attached hydrogens (tertiary/aromatic N) is 2. The molecule has 4 bridgehead atoms. The van der Waals surface area contributed by atoms with Gasteiger partial charge >= 0.3 is 0 Å². The maximum Gasteiger partial charge on any atom is 0.131 e. The molecule has 4 fully saturated rings. The van der Waals surface area contributed by atoms with E-state index in [-0.39, 0.29) is 11.7 Å². The van der Waals surface area contributed by atoms with E-state index in [2.05, 4.69) is 11.8 Å². The lowest BCUT2D eigenvalue weighted by molar-refractivity contribution is -0.123. The van der Waals surface area contributed by atoms with E-state index in [0.717, 1.165) is 42.1 Å². The zero-order chi connectivity index (χ0) is 19.6. The van der Waals surface area contributed by atoms with Crippen LogP contribution < -0.4 is 4.74 Å². The van der Waals surface area contributed by atoms with Crippen LogP contribution in [0.4, 0.5) is 5.69 Å². The minimum absolute atomic E-state index is 0.276. The van der Waals surface area contributed by atoms with E-state index in [1.54, 1.807) is 14.0 Å². The SMILES string of the molecule is CCC1CC2CC3C4=Nc5ccc(OC)cc5C4(O)CCN(C2CC(C)=O)C13. The topological polar surface area (TPSA) is 62.1 Å². The quantitative estimate of drug-likeness (QED) is 0.866. The number of ketones is 1. The van der Waals surface area contributed by atoms with Crippen molar-refractivity contribution in [2.24, 2.45) is 22.7 Å². The number of fused-ring (bicyclic) bond motifs is 4. The molecule has 1 aromatic rings. The third-order valence-electron chi connectivity index (χ3n) is 7.83. The number of rotatable bonds is 4. The van der Waals surface area contributed by atoms with Gasteiger partial charge in [0.15, 0.2) is 0 Å². The number of benzene rings is 1. The molecule has 28 heavy (non-hydrogen) atoms. The number of aliphatic hydroxyl groups is 1. The van der Waals surface area contributed by atoms with Gasteiger partial charge in [0.2, 0.25) is 0 Å². The van der Waals surface area contributed by atoms with Crippen molar-refractivity contribution >= 4 is 17.2 Å². The number of Topliss-reactive ketones (excluding diaryl/α,β-unsaturated/α-hetero) is 1. The maximum absolute atomic E-state index is 12.0. The first-order valence-electron chi connectivity index (χ1n) is 10.7. The molecular formula is C23H30N2O3. The lowest BCUT2D eigenvalue weighted by atomic mass is 9.60. The van der Waals surface area contributed by atoms with Crippen molar-refractivity contribution in [1.29, 1.82) is 0 Å². The number of ether oxygens (including phenoxy) is 1. The van der Waals surface area contributed by atoms with Gasteiger partial charge in [-0.2, -0.15) is 0 Å². The maximum atomic E-state index is 12.0. The van der Waals surface area contributed by atoms with E-state index >= 15 is 0 Å². The average Bonchev–Trinajstić information content (AvgIpc) is 2.93. The van der Waals surface area contributed by atoms with Crippen molar-refractivity contribution in [3.63, 3.8) is 0 Å². The second-order valence-corrected chi connectivity index (χ2v) is 9.20. The number of carbonyl (C=O) groups is 1. The van der Waals surface area contributed by atoms with E-state index in [1.165, 1.54) is 6.42 Å². The first-order valence-corrected chi connectivity index (χ1v) is 10.7. The Balaban J connectivity index is 1.59. The van der Waals surface area contributed by atoms with Crippen LogP contribution >= 0.6 is 0 Å². The molecule has 1 N–H and O–H groups in total. The zero-order valence-corrected chi connectivity index (χ0v) is 17.0. The number of piperidine rings is 2. The van der Waals surface area contributed by atoms with Crippen LogP contribution in [0.2, 0.25) is 0 Å². The van der Waals surface area contributed by atoms with Crippen molar-refractivity contribution in [2.75, 3.05) is 13.7 Å². The minimum atomic E-state index is -1.01. The molecule has 1 aliphatic carbocycles. The smallest absolute Gasteiger partial charge is 0.131 e. The third-order valence-corrected chi connectivity index (χ3v) is 7.83. The highest BCUT2D eigenvalue weighted by Gasteiger charge is 2.59. The van der Waals surface area contributed by atoms with Crippen LogP contribution in [-0.4, -0.2) is 47.2 Å². The van der Waals surface area contributed by atoms with Crippen molar-refractivity contribution in [3.8, 4) is 5.75 Å². The summed E-state index contributed by atoms with van der Waals surface area (Å²) in [6, 6.07) is 6.58. The summed E-state index contributed by atoms with van der Waals surface area (Å²) in [5, 5.41) is 11.9. The van der Waals surface area contributed by atoms with Gasteiger partial charge in [-0.1, -0.05) is 13.3 Å².